The summed E-state index contributed by atoms with van der Waals surface area (Å²) in [7, 11) is 1.57. The van der Waals surface area contributed by atoms with Crippen LogP contribution in [0.4, 0.5) is 5.82 Å². The van der Waals surface area contributed by atoms with Gasteiger partial charge in [-0.05, 0) is 6.92 Å². The van der Waals surface area contributed by atoms with Crippen LogP contribution < -0.4 is 10.1 Å². The van der Waals surface area contributed by atoms with Gasteiger partial charge in [-0.25, -0.2) is 0 Å². The summed E-state index contributed by atoms with van der Waals surface area (Å²) in [5.74, 6) is 1.15. The molecule has 0 spiro atoms. The second-order valence-electron chi connectivity index (χ2n) is 3.23. The van der Waals surface area contributed by atoms with Crippen LogP contribution in [-0.4, -0.2) is 23.2 Å². The Morgan fingerprint density at radius 3 is 3.00 bits per heavy atom. The number of carbonyl (C=O) groups excluding carboxylic acids is 1. The van der Waals surface area contributed by atoms with Crippen LogP contribution in [0.1, 0.15) is 15.2 Å². The smallest absolute Gasteiger partial charge is 0.267 e. The van der Waals surface area contributed by atoms with Gasteiger partial charge in [0.15, 0.2) is 0 Å². The molecule has 16 heavy (non-hydrogen) atoms. The number of nitrogens with zero attached hydrogens (tertiary/aromatic N) is 1. The first-order chi connectivity index (χ1) is 7.70. The number of H-pyrrole nitrogens is 1. The van der Waals surface area contributed by atoms with Crippen molar-refractivity contribution in [2.45, 2.75) is 6.92 Å². The molecule has 2 N–H and O–H groups in total. The lowest BCUT2D eigenvalue weighted by Crippen LogP contribution is -2.11. The number of hydrogen-bond acceptors (Lipinski definition) is 4. The second-order valence-corrected chi connectivity index (χ2v) is 4.14. The number of anilines is 1. The maximum atomic E-state index is 11.8. The zero-order chi connectivity index (χ0) is 11.5. The lowest BCUT2D eigenvalue weighted by molar-refractivity contribution is 0.103. The minimum Gasteiger partial charge on any atom is -0.496 e. The molecule has 2 heterocycles. The highest BCUT2D eigenvalue weighted by molar-refractivity contribution is 7.12. The Morgan fingerprint density at radius 2 is 2.44 bits per heavy atom. The Kier molecular flexibility index (Phi) is 2.91. The number of hydrogen-bond donors (Lipinski definition) is 2. The van der Waals surface area contributed by atoms with Crippen molar-refractivity contribution in [2.24, 2.45) is 0 Å². The van der Waals surface area contributed by atoms with Crippen molar-refractivity contribution in [3.8, 4) is 5.75 Å². The van der Waals surface area contributed by atoms with E-state index in [1.807, 2.05) is 6.92 Å². The van der Waals surface area contributed by atoms with Gasteiger partial charge in [-0.2, -0.15) is 5.10 Å². The van der Waals surface area contributed by atoms with Crippen LogP contribution in [-0.2, 0) is 0 Å². The maximum Gasteiger partial charge on any atom is 0.267 e. The van der Waals surface area contributed by atoms with Crippen LogP contribution in [0.5, 0.6) is 5.75 Å². The number of rotatable bonds is 3. The molecule has 0 saturated carbocycles. The second kappa shape index (κ2) is 4.36. The molecule has 2 aromatic heterocycles. The molecule has 0 saturated heterocycles. The summed E-state index contributed by atoms with van der Waals surface area (Å²) in [5.41, 5.74) is 0.900. The fourth-order valence-electron chi connectivity index (χ4n) is 1.19. The number of aromatic amines is 1. The first kappa shape index (κ1) is 10.7. The van der Waals surface area contributed by atoms with Gasteiger partial charge in [-0.3, -0.25) is 9.89 Å². The Bertz CT molecular complexity index is 504. The van der Waals surface area contributed by atoms with Gasteiger partial charge in [0.05, 0.1) is 18.2 Å². The van der Waals surface area contributed by atoms with Gasteiger partial charge in [-0.1, -0.05) is 0 Å². The zero-order valence-corrected chi connectivity index (χ0v) is 9.72. The van der Waals surface area contributed by atoms with Crippen molar-refractivity contribution in [2.75, 3.05) is 12.4 Å². The molecule has 0 unspecified atom stereocenters. The van der Waals surface area contributed by atoms with Gasteiger partial charge in [0.2, 0.25) is 0 Å². The van der Waals surface area contributed by atoms with Crippen molar-refractivity contribution >= 4 is 23.1 Å². The Hall–Kier alpha value is -1.82. The average molecular weight is 237 g/mol. The highest BCUT2D eigenvalue weighted by atomic mass is 32.1. The molecule has 0 bridgehead atoms. The van der Waals surface area contributed by atoms with Crippen molar-refractivity contribution in [1.29, 1.82) is 0 Å². The number of carbonyl (C=O) groups is 1. The molecule has 1 amide bonds. The third kappa shape index (κ3) is 2.06. The number of aromatic nitrogens is 2. The summed E-state index contributed by atoms with van der Waals surface area (Å²) in [6.45, 7) is 1.87. The normalized spacial score (nSPS) is 10.1. The summed E-state index contributed by atoms with van der Waals surface area (Å²) in [6.07, 6.45) is 1.66. The van der Waals surface area contributed by atoms with E-state index in [0.29, 0.717) is 16.4 Å². The Morgan fingerprint density at radius 1 is 1.62 bits per heavy atom. The molecule has 2 aromatic rings. The summed E-state index contributed by atoms with van der Waals surface area (Å²) >= 11 is 1.34. The molecule has 6 heteroatoms. The molecular weight excluding hydrogens is 226 g/mol. The van der Waals surface area contributed by atoms with E-state index in [1.54, 1.807) is 24.8 Å². The summed E-state index contributed by atoms with van der Waals surface area (Å²) in [4.78, 5) is 12.4. The fraction of sp³-hybridized carbons (Fsp3) is 0.200. The molecule has 2 rings (SSSR count). The van der Waals surface area contributed by atoms with E-state index in [-0.39, 0.29) is 5.91 Å². The summed E-state index contributed by atoms with van der Waals surface area (Å²) < 4.78 is 5.01. The number of thiophene rings is 1. The van der Waals surface area contributed by atoms with Crippen LogP contribution in [0.15, 0.2) is 17.6 Å². The van der Waals surface area contributed by atoms with E-state index in [9.17, 15) is 4.79 Å². The number of amides is 1. The molecule has 0 radical (unpaired) electrons. The van der Waals surface area contributed by atoms with E-state index in [4.69, 9.17) is 4.74 Å². The molecule has 0 aliphatic carbocycles. The minimum atomic E-state index is -0.166. The number of ether oxygens (including phenoxy) is 1. The van der Waals surface area contributed by atoms with E-state index < -0.39 is 0 Å². The van der Waals surface area contributed by atoms with Gasteiger partial charge in [-0.15, -0.1) is 11.3 Å². The van der Waals surface area contributed by atoms with E-state index in [2.05, 4.69) is 15.5 Å². The molecule has 0 aromatic carbocycles. The van der Waals surface area contributed by atoms with E-state index >= 15 is 0 Å². The lowest BCUT2D eigenvalue weighted by Gasteiger charge is -2.00. The fourth-order valence-corrected chi connectivity index (χ4v) is 1.94. The SMILES string of the molecule is COc1csc(C(=O)Nc2[nH]ncc2C)c1. The molecule has 84 valence electrons. The van der Waals surface area contributed by atoms with Crippen molar-refractivity contribution in [3.05, 3.63) is 28.1 Å². The third-order valence-electron chi connectivity index (χ3n) is 2.10. The van der Waals surface area contributed by atoms with E-state index in [0.717, 1.165) is 5.56 Å². The Labute approximate surface area is 96.4 Å². The molecule has 0 fully saturated rings. The van der Waals surface area contributed by atoms with Crippen molar-refractivity contribution < 1.29 is 9.53 Å². The number of nitrogens with one attached hydrogen (secondary N) is 2. The zero-order valence-electron chi connectivity index (χ0n) is 8.90. The standard InChI is InChI=1S/C10H11N3O2S/c1-6-4-11-13-9(6)12-10(14)8-3-7(15-2)5-16-8/h3-5H,1-2H3,(H2,11,12,13,14). The average Bonchev–Trinajstić information content (AvgIpc) is 2.88. The molecule has 0 aliphatic heterocycles. The van der Waals surface area contributed by atoms with Crippen LogP contribution in [0.25, 0.3) is 0 Å². The van der Waals surface area contributed by atoms with E-state index in [1.165, 1.54) is 11.3 Å². The van der Waals surface area contributed by atoms with Gasteiger partial charge in [0.25, 0.3) is 5.91 Å². The molecule has 0 aliphatic rings. The van der Waals surface area contributed by atoms with Crippen LogP contribution in [0, 0.1) is 6.92 Å². The maximum absolute atomic E-state index is 11.8. The predicted molar refractivity (Wildman–Crippen MR) is 62.1 cm³/mol. The summed E-state index contributed by atoms with van der Waals surface area (Å²) in [6, 6.07) is 1.70. The third-order valence-corrected chi connectivity index (χ3v) is 3.01. The van der Waals surface area contributed by atoms with Crippen LogP contribution in [0.3, 0.4) is 0 Å². The molecule has 0 atom stereocenters. The van der Waals surface area contributed by atoms with Gasteiger partial charge >= 0.3 is 0 Å². The first-order valence-electron chi connectivity index (χ1n) is 4.64. The number of methoxy groups -OCH3 is 1. The van der Waals surface area contributed by atoms with Crippen LogP contribution >= 0.6 is 11.3 Å². The quantitative estimate of drug-likeness (QED) is 0.858. The van der Waals surface area contributed by atoms with Gasteiger partial charge in [0.1, 0.15) is 11.6 Å². The topological polar surface area (TPSA) is 67.0 Å². The number of aryl methyl sites for hydroxylation is 1. The lowest BCUT2D eigenvalue weighted by atomic mass is 10.3. The summed E-state index contributed by atoms with van der Waals surface area (Å²) in [5, 5.41) is 11.1. The molecular formula is C10H11N3O2S. The van der Waals surface area contributed by atoms with Crippen LogP contribution in [0.2, 0.25) is 0 Å². The minimum absolute atomic E-state index is 0.166. The predicted octanol–water partition coefficient (Wildman–Crippen LogP) is 2.04. The monoisotopic (exact) mass is 237 g/mol. The highest BCUT2D eigenvalue weighted by Gasteiger charge is 2.11. The molecule has 5 nitrogen and oxygen atoms in total. The van der Waals surface area contributed by atoms with Crippen molar-refractivity contribution in [3.63, 3.8) is 0 Å². The Balaban J connectivity index is 2.11. The largest absolute Gasteiger partial charge is 0.496 e. The van der Waals surface area contributed by atoms with Gasteiger partial charge in [0, 0.05) is 17.0 Å². The van der Waals surface area contributed by atoms with Gasteiger partial charge < -0.3 is 10.1 Å². The van der Waals surface area contributed by atoms with Crippen molar-refractivity contribution in [1.82, 2.24) is 10.2 Å². The first-order valence-corrected chi connectivity index (χ1v) is 5.52. The highest BCUT2D eigenvalue weighted by Crippen LogP contribution is 2.22.